The van der Waals surface area contributed by atoms with Crippen LogP contribution in [0.25, 0.3) is 0 Å². The molecule has 20 heavy (non-hydrogen) atoms. The molecule has 0 aliphatic carbocycles. The van der Waals surface area contributed by atoms with Gasteiger partial charge in [-0.25, -0.2) is 0 Å². The number of nitro benzene ring substituents is 1. The SMILES string of the molecule is Cc1cccc(NC(=O)c2cccc([N+](=O)[O-])c2Cl)c1. The van der Waals surface area contributed by atoms with Crippen molar-refractivity contribution in [2.75, 3.05) is 5.32 Å². The first-order chi connectivity index (χ1) is 9.49. The summed E-state index contributed by atoms with van der Waals surface area (Å²) < 4.78 is 0. The molecule has 0 spiro atoms. The van der Waals surface area contributed by atoms with Crippen molar-refractivity contribution in [1.29, 1.82) is 0 Å². The number of nitrogens with one attached hydrogen (secondary N) is 1. The van der Waals surface area contributed by atoms with E-state index in [0.717, 1.165) is 5.56 Å². The minimum atomic E-state index is -0.619. The van der Waals surface area contributed by atoms with Gasteiger partial charge in [0.1, 0.15) is 5.02 Å². The predicted molar refractivity (Wildman–Crippen MR) is 77.2 cm³/mol. The smallest absolute Gasteiger partial charge is 0.288 e. The maximum atomic E-state index is 12.1. The van der Waals surface area contributed by atoms with E-state index in [2.05, 4.69) is 5.32 Å². The highest BCUT2D eigenvalue weighted by Gasteiger charge is 2.19. The number of halogens is 1. The molecule has 0 aromatic heterocycles. The molecule has 0 aliphatic rings. The Bertz CT molecular complexity index is 686. The standard InChI is InChI=1S/C14H11ClN2O3/c1-9-4-2-5-10(8-9)16-14(18)11-6-3-7-12(13(11)15)17(19)20/h2-8H,1H3,(H,16,18). The Hall–Kier alpha value is -2.40. The maximum Gasteiger partial charge on any atom is 0.288 e. The van der Waals surface area contributed by atoms with E-state index in [-0.39, 0.29) is 16.3 Å². The quantitative estimate of drug-likeness (QED) is 0.690. The normalized spacial score (nSPS) is 10.1. The number of anilines is 1. The van der Waals surface area contributed by atoms with Crippen molar-refractivity contribution in [2.45, 2.75) is 6.92 Å². The van der Waals surface area contributed by atoms with Gasteiger partial charge in [-0.3, -0.25) is 14.9 Å². The van der Waals surface area contributed by atoms with Gasteiger partial charge in [0.25, 0.3) is 11.6 Å². The summed E-state index contributed by atoms with van der Waals surface area (Å²) >= 11 is 5.89. The lowest BCUT2D eigenvalue weighted by molar-refractivity contribution is -0.384. The Labute approximate surface area is 120 Å². The van der Waals surface area contributed by atoms with Crippen molar-refractivity contribution >= 4 is 28.9 Å². The molecule has 102 valence electrons. The molecule has 0 fully saturated rings. The number of hydrogen-bond acceptors (Lipinski definition) is 3. The zero-order valence-electron chi connectivity index (χ0n) is 10.6. The molecular formula is C14H11ClN2O3. The van der Waals surface area contributed by atoms with Gasteiger partial charge in [0.05, 0.1) is 10.5 Å². The molecule has 0 radical (unpaired) electrons. The number of benzene rings is 2. The third kappa shape index (κ3) is 2.95. The molecule has 0 atom stereocenters. The number of aryl methyl sites for hydroxylation is 1. The molecule has 5 nitrogen and oxygen atoms in total. The van der Waals surface area contributed by atoms with Crippen LogP contribution in [-0.4, -0.2) is 10.8 Å². The van der Waals surface area contributed by atoms with Gasteiger partial charge in [0, 0.05) is 11.8 Å². The molecule has 1 N–H and O–H groups in total. The molecule has 0 heterocycles. The molecule has 0 aliphatic heterocycles. The Morgan fingerprint density at radius 1 is 1.25 bits per heavy atom. The Kier molecular flexibility index (Phi) is 4.00. The van der Waals surface area contributed by atoms with E-state index >= 15 is 0 Å². The van der Waals surface area contributed by atoms with Crippen molar-refractivity contribution in [1.82, 2.24) is 0 Å². The highest BCUT2D eigenvalue weighted by atomic mass is 35.5. The molecule has 0 unspecified atom stereocenters. The van der Waals surface area contributed by atoms with Gasteiger partial charge >= 0.3 is 0 Å². The highest BCUT2D eigenvalue weighted by molar-refractivity contribution is 6.36. The average molecular weight is 291 g/mol. The lowest BCUT2D eigenvalue weighted by Gasteiger charge is -2.07. The Balaban J connectivity index is 2.30. The summed E-state index contributed by atoms with van der Waals surface area (Å²) in [6, 6.07) is 11.4. The summed E-state index contributed by atoms with van der Waals surface area (Å²) in [7, 11) is 0. The topological polar surface area (TPSA) is 72.2 Å². The van der Waals surface area contributed by atoms with E-state index in [9.17, 15) is 14.9 Å². The Morgan fingerprint density at radius 2 is 1.95 bits per heavy atom. The van der Waals surface area contributed by atoms with Crippen molar-refractivity contribution in [3.05, 3.63) is 68.7 Å². The minimum absolute atomic E-state index is 0.0716. The van der Waals surface area contributed by atoms with Crippen LogP contribution in [0.3, 0.4) is 0 Å². The third-order valence-electron chi connectivity index (χ3n) is 2.70. The number of amides is 1. The lowest BCUT2D eigenvalue weighted by Crippen LogP contribution is -2.13. The van der Waals surface area contributed by atoms with E-state index < -0.39 is 10.8 Å². The molecule has 2 rings (SSSR count). The van der Waals surface area contributed by atoms with E-state index in [0.29, 0.717) is 5.69 Å². The zero-order chi connectivity index (χ0) is 14.7. The first-order valence-electron chi connectivity index (χ1n) is 5.80. The summed E-state index contributed by atoms with van der Waals surface area (Å²) in [5.74, 6) is -0.482. The van der Waals surface area contributed by atoms with Gasteiger partial charge in [-0.1, -0.05) is 29.8 Å². The van der Waals surface area contributed by atoms with Crippen LogP contribution >= 0.6 is 11.6 Å². The number of rotatable bonds is 3. The van der Waals surface area contributed by atoms with Gasteiger partial charge in [-0.2, -0.15) is 0 Å². The van der Waals surface area contributed by atoms with Gasteiger partial charge < -0.3 is 5.32 Å². The fourth-order valence-corrected chi connectivity index (χ4v) is 2.04. The number of nitro groups is 1. The number of nitrogens with zero attached hydrogens (tertiary/aromatic N) is 1. The molecule has 6 heteroatoms. The van der Waals surface area contributed by atoms with Crippen molar-refractivity contribution in [3.63, 3.8) is 0 Å². The molecule has 0 saturated carbocycles. The van der Waals surface area contributed by atoms with E-state index in [4.69, 9.17) is 11.6 Å². The molecule has 2 aromatic carbocycles. The second-order valence-electron chi connectivity index (χ2n) is 4.22. The number of carbonyl (C=O) groups is 1. The highest BCUT2D eigenvalue weighted by Crippen LogP contribution is 2.28. The molecule has 0 bridgehead atoms. The second kappa shape index (κ2) is 5.71. The van der Waals surface area contributed by atoms with E-state index in [1.165, 1.54) is 18.2 Å². The lowest BCUT2D eigenvalue weighted by atomic mass is 10.1. The van der Waals surface area contributed by atoms with Gasteiger partial charge in [-0.15, -0.1) is 0 Å². The minimum Gasteiger partial charge on any atom is -0.322 e. The third-order valence-corrected chi connectivity index (χ3v) is 3.09. The Morgan fingerprint density at radius 3 is 2.60 bits per heavy atom. The maximum absolute atomic E-state index is 12.1. The van der Waals surface area contributed by atoms with Crippen molar-refractivity contribution in [2.24, 2.45) is 0 Å². The van der Waals surface area contributed by atoms with E-state index in [1.54, 1.807) is 18.2 Å². The first kappa shape index (κ1) is 14.0. The summed E-state index contributed by atoms with van der Waals surface area (Å²) in [6.45, 7) is 1.90. The first-order valence-corrected chi connectivity index (χ1v) is 6.18. The van der Waals surface area contributed by atoms with Crippen LogP contribution < -0.4 is 5.32 Å². The van der Waals surface area contributed by atoms with Crippen molar-refractivity contribution in [3.8, 4) is 0 Å². The molecule has 1 amide bonds. The van der Waals surface area contributed by atoms with E-state index in [1.807, 2.05) is 13.0 Å². The largest absolute Gasteiger partial charge is 0.322 e. The monoisotopic (exact) mass is 290 g/mol. The number of hydrogen-bond donors (Lipinski definition) is 1. The zero-order valence-corrected chi connectivity index (χ0v) is 11.3. The van der Waals surface area contributed by atoms with Crippen LogP contribution in [0.1, 0.15) is 15.9 Å². The summed E-state index contributed by atoms with van der Waals surface area (Å²) in [4.78, 5) is 22.3. The molecule has 0 saturated heterocycles. The summed E-state index contributed by atoms with van der Waals surface area (Å²) in [5.41, 5.74) is 1.39. The van der Waals surface area contributed by atoms with Crippen LogP contribution in [0, 0.1) is 17.0 Å². The van der Waals surface area contributed by atoms with Crippen LogP contribution in [0.5, 0.6) is 0 Å². The summed E-state index contributed by atoms with van der Waals surface area (Å²) in [5, 5.41) is 13.3. The van der Waals surface area contributed by atoms with Gasteiger partial charge in [0.15, 0.2) is 0 Å². The fraction of sp³-hybridized carbons (Fsp3) is 0.0714. The van der Waals surface area contributed by atoms with Gasteiger partial charge in [0.2, 0.25) is 0 Å². The molecule has 2 aromatic rings. The second-order valence-corrected chi connectivity index (χ2v) is 4.60. The number of carbonyl (C=O) groups excluding carboxylic acids is 1. The predicted octanol–water partition coefficient (Wildman–Crippen LogP) is 3.81. The van der Waals surface area contributed by atoms with Gasteiger partial charge in [-0.05, 0) is 30.7 Å². The van der Waals surface area contributed by atoms with Crippen LogP contribution in [-0.2, 0) is 0 Å². The van der Waals surface area contributed by atoms with Crippen molar-refractivity contribution < 1.29 is 9.72 Å². The fourth-order valence-electron chi connectivity index (χ4n) is 1.76. The molecular weight excluding hydrogens is 280 g/mol. The van der Waals surface area contributed by atoms with Crippen LogP contribution in [0.15, 0.2) is 42.5 Å². The van der Waals surface area contributed by atoms with Crippen LogP contribution in [0.2, 0.25) is 5.02 Å². The average Bonchev–Trinajstić information content (AvgIpc) is 2.38. The van der Waals surface area contributed by atoms with Crippen LogP contribution in [0.4, 0.5) is 11.4 Å². The summed E-state index contributed by atoms with van der Waals surface area (Å²) in [6.07, 6.45) is 0.